The maximum absolute atomic E-state index is 12.7. The molecule has 3 heterocycles. The highest BCUT2D eigenvalue weighted by atomic mass is 32.2. The molecule has 1 N–H and O–H groups in total. The first-order chi connectivity index (χ1) is 12.1. The van der Waals surface area contributed by atoms with Crippen molar-refractivity contribution < 1.29 is 19.1 Å². The number of nitrogens with zero attached hydrogens (tertiary/aromatic N) is 3. The fraction of sp³-hybridized carbons (Fsp3) is 0.471. The number of thioether (sulfide) groups is 1. The van der Waals surface area contributed by atoms with E-state index in [-0.39, 0.29) is 18.4 Å². The molecule has 1 amide bonds. The molecule has 0 spiro atoms. The molecule has 25 heavy (non-hydrogen) atoms. The SMILES string of the molecule is CSCc1ccc(C(=O)N2CCC[C@H](c3ccnn3CC(=O)O)C2)o1. The van der Waals surface area contributed by atoms with Gasteiger partial charge in [0.25, 0.3) is 5.91 Å². The van der Waals surface area contributed by atoms with Crippen molar-refractivity contribution in [1.29, 1.82) is 0 Å². The molecule has 0 aliphatic carbocycles. The summed E-state index contributed by atoms with van der Waals surface area (Å²) in [5, 5.41) is 13.1. The van der Waals surface area contributed by atoms with Gasteiger partial charge in [-0.3, -0.25) is 14.3 Å². The summed E-state index contributed by atoms with van der Waals surface area (Å²) < 4.78 is 7.14. The van der Waals surface area contributed by atoms with Crippen LogP contribution in [0.1, 0.15) is 40.8 Å². The quantitative estimate of drug-likeness (QED) is 0.848. The van der Waals surface area contributed by atoms with E-state index in [4.69, 9.17) is 9.52 Å². The number of carboxylic acid groups (broad SMARTS) is 1. The van der Waals surface area contributed by atoms with Gasteiger partial charge in [-0.15, -0.1) is 0 Å². The molecule has 3 rings (SSSR count). The molecule has 1 fully saturated rings. The molecular weight excluding hydrogens is 342 g/mol. The predicted molar refractivity (Wildman–Crippen MR) is 93.7 cm³/mol. The Hall–Kier alpha value is -2.22. The van der Waals surface area contributed by atoms with Crippen molar-refractivity contribution in [2.45, 2.75) is 31.1 Å². The molecule has 1 atom stereocenters. The number of hydrogen-bond acceptors (Lipinski definition) is 5. The van der Waals surface area contributed by atoms with Crippen LogP contribution < -0.4 is 0 Å². The van der Waals surface area contributed by atoms with E-state index < -0.39 is 5.97 Å². The van der Waals surface area contributed by atoms with Crippen molar-refractivity contribution >= 4 is 23.6 Å². The number of amides is 1. The van der Waals surface area contributed by atoms with E-state index in [0.717, 1.165) is 30.0 Å². The van der Waals surface area contributed by atoms with Gasteiger partial charge in [0.05, 0.1) is 5.75 Å². The molecule has 0 unspecified atom stereocenters. The lowest BCUT2D eigenvalue weighted by Crippen LogP contribution is -2.39. The fourth-order valence-electron chi connectivity index (χ4n) is 3.22. The van der Waals surface area contributed by atoms with Gasteiger partial charge in [-0.25, -0.2) is 0 Å². The molecule has 0 saturated carbocycles. The van der Waals surface area contributed by atoms with Crippen molar-refractivity contribution in [3.8, 4) is 0 Å². The minimum absolute atomic E-state index is 0.0835. The molecule has 1 saturated heterocycles. The topological polar surface area (TPSA) is 88.6 Å². The number of piperidine rings is 1. The first-order valence-corrected chi connectivity index (χ1v) is 9.58. The van der Waals surface area contributed by atoms with Crippen molar-refractivity contribution in [1.82, 2.24) is 14.7 Å². The Morgan fingerprint density at radius 3 is 3.00 bits per heavy atom. The summed E-state index contributed by atoms with van der Waals surface area (Å²) in [6.07, 6.45) is 5.37. The number of aliphatic carboxylic acids is 1. The van der Waals surface area contributed by atoms with Crippen LogP contribution in [0.4, 0.5) is 0 Å². The lowest BCUT2D eigenvalue weighted by atomic mass is 9.94. The Morgan fingerprint density at radius 1 is 1.40 bits per heavy atom. The van der Waals surface area contributed by atoms with E-state index in [2.05, 4.69) is 5.10 Å². The van der Waals surface area contributed by atoms with E-state index >= 15 is 0 Å². The average Bonchev–Trinajstić information content (AvgIpc) is 3.24. The molecule has 1 aliphatic rings. The number of furan rings is 1. The Balaban J connectivity index is 1.71. The van der Waals surface area contributed by atoms with Gasteiger partial charge >= 0.3 is 5.97 Å². The summed E-state index contributed by atoms with van der Waals surface area (Å²) >= 11 is 1.64. The smallest absolute Gasteiger partial charge is 0.325 e. The summed E-state index contributed by atoms with van der Waals surface area (Å²) in [5.41, 5.74) is 0.863. The number of carbonyl (C=O) groups excluding carboxylic acids is 1. The first kappa shape index (κ1) is 17.6. The molecule has 2 aromatic rings. The zero-order chi connectivity index (χ0) is 17.8. The maximum Gasteiger partial charge on any atom is 0.325 e. The Morgan fingerprint density at radius 2 is 2.24 bits per heavy atom. The zero-order valence-corrected chi connectivity index (χ0v) is 14.9. The maximum atomic E-state index is 12.7. The molecule has 7 nitrogen and oxygen atoms in total. The number of carbonyl (C=O) groups is 2. The van der Waals surface area contributed by atoms with Crippen LogP contribution >= 0.6 is 11.8 Å². The predicted octanol–water partition coefficient (Wildman–Crippen LogP) is 2.44. The zero-order valence-electron chi connectivity index (χ0n) is 14.1. The van der Waals surface area contributed by atoms with Crippen LogP contribution in [-0.2, 0) is 17.1 Å². The third kappa shape index (κ3) is 4.07. The molecule has 0 bridgehead atoms. The molecule has 2 aromatic heterocycles. The first-order valence-electron chi connectivity index (χ1n) is 8.19. The second-order valence-electron chi connectivity index (χ2n) is 6.10. The summed E-state index contributed by atoms with van der Waals surface area (Å²) in [5.74, 6) is 0.949. The van der Waals surface area contributed by atoms with Crippen LogP contribution in [0.25, 0.3) is 0 Å². The summed E-state index contributed by atoms with van der Waals surface area (Å²) in [6, 6.07) is 5.41. The van der Waals surface area contributed by atoms with Crippen LogP contribution in [0.15, 0.2) is 28.8 Å². The third-order valence-electron chi connectivity index (χ3n) is 4.32. The van der Waals surface area contributed by atoms with Gasteiger partial charge in [0.15, 0.2) is 5.76 Å². The van der Waals surface area contributed by atoms with Crippen molar-refractivity contribution in [2.75, 3.05) is 19.3 Å². The molecule has 134 valence electrons. The molecule has 0 radical (unpaired) electrons. The third-order valence-corrected chi connectivity index (χ3v) is 4.89. The highest BCUT2D eigenvalue weighted by Crippen LogP contribution is 2.28. The second-order valence-corrected chi connectivity index (χ2v) is 6.96. The molecule has 8 heteroatoms. The van der Waals surface area contributed by atoms with E-state index in [1.807, 2.05) is 18.4 Å². The number of rotatable bonds is 6. The van der Waals surface area contributed by atoms with Gasteiger partial charge in [-0.2, -0.15) is 16.9 Å². The number of aromatic nitrogens is 2. The van der Waals surface area contributed by atoms with Crippen molar-refractivity contribution in [3.63, 3.8) is 0 Å². The minimum atomic E-state index is -0.925. The molecule has 0 aromatic carbocycles. The largest absolute Gasteiger partial charge is 0.480 e. The second kappa shape index (κ2) is 7.77. The van der Waals surface area contributed by atoms with Crippen molar-refractivity contribution in [3.05, 3.63) is 41.6 Å². The van der Waals surface area contributed by atoms with Gasteiger partial charge in [0.1, 0.15) is 12.3 Å². The minimum Gasteiger partial charge on any atom is -0.480 e. The summed E-state index contributed by atoms with van der Waals surface area (Å²) in [6.45, 7) is 1.06. The Kier molecular flexibility index (Phi) is 5.47. The van der Waals surface area contributed by atoms with Gasteiger partial charge < -0.3 is 14.4 Å². The Bertz CT molecular complexity index is 755. The standard InChI is InChI=1S/C17H21N3O4S/c1-25-11-13-4-5-15(24-13)17(23)19-8-2-3-12(9-19)14-6-7-18-20(14)10-16(21)22/h4-7,12H,2-3,8-11H2,1H3,(H,21,22)/t12-/m0/s1. The Labute approximate surface area is 150 Å². The van der Waals surface area contributed by atoms with Crippen LogP contribution in [-0.4, -0.2) is 51.0 Å². The summed E-state index contributed by atoms with van der Waals surface area (Å²) in [7, 11) is 0. The van der Waals surface area contributed by atoms with Crippen LogP contribution in [0, 0.1) is 0 Å². The van der Waals surface area contributed by atoms with Gasteiger partial charge in [0, 0.05) is 30.9 Å². The van der Waals surface area contributed by atoms with Gasteiger partial charge in [-0.05, 0) is 37.3 Å². The highest BCUT2D eigenvalue weighted by molar-refractivity contribution is 7.97. The van der Waals surface area contributed by atoms with Crippen LogP contribution in [0.3, 0.4) is 0 Å². The lowest BCUT2D eigenvalue weighted by molar-refractivity contribution is -0.137. The van der Waals surface area contributed by atoms with E-state index in [0.29, 0.717) is 18.8 Å². The van der Waals surface area contributed by atoms with E-state index in [1.54, 1.807) is 28.9 Å². The molecular formula is C17H21N3O4S. The lowest BCUT2D eigenvalue weighted by Gasteiger charge is -2.32. The average molecular weight is 363 g/mol. The molecule has 1 aliphatic heterocycles. The van der Waals surface area contributed by atoms with E-state index in [1.165, 1.54) is 4.68 Å². The van der Waals surface area contributed by atoms with Crippen molar-refractivity contribution in [2.24, 2.45) is 0 Å². The van der Waals surface area contributed by atoms with Gasteiger partial charge in [-0.1, -0.05) is 0 Å². The fourth-order valence-corrected chi connectivity index (χ4v) is 3.66. The van der Waals surface area contributed by atoms with Gasteiger partial charge in [0.2, 0.25) is 0 Å². The monoisotopic (exact) mass is 363 g/mol. The number of hydrogen-bond donors (Lipinski definition) is 1. The number of carboxylic acids is 1. The van der Waals surface area contributed by atoms with Crippen LogP contribution in [0.5, 0.6) is 0 Å². The van der Waals surface area contributed by atoms with E-state index in [9.17, 15) is 9.59 Å². The summed E-state index contributed by atoms with van der Waals surface area (Å²) in [4.78, 5) is 25.5. The normalized spacial score (nSPS) is 17.6. The number of likely N-dealkylation sites (tertiary alicyclic amines) is 1. The highest BCUT2D eigenvalue weighted by Gasteiger charge is 2.29. The van der Waals surface area contributed by atoms with Crippen LogP contribution in [0.2, 0.25) is 0 Å².